The van der Waals surface area contributed by atoms with Gasteiger partial charge in [-0.15, -0.1) is 0 Å². The predicted molar refractivity (Wildman–Crippen MR) is 198 cm³/mol. The largest absolute Gasteiger partial charge is 0.493 e. The van der Waals surface area contributed by atoms with Crippen molar-refractivity contribution >= 4 is 51.0 Å². The van der Waals surface area contributed by atoms with Crippen molar-refractivity contribution in [2.45, 2.75) is 43.7 Å². The number of halogens is 2. The molecule has 0 fully saturated rings. The molecule has 12 heteroatoms. The van der Waals surface area contributed by atoms with Crippen molar-refractivity contribution in [2.24, 2.45) is 14.1 Å². The van der Waals surface area contributed by atoms with Crippen LogP contribution in [0.25, 0.3) is 32.9 Å². The van der Waals surface area contributed by atoms with Crippen LogP contribution in [-0.2, 0) is 56.1 Å². The van der Waals surface area contributed by atoms with Crippen molar-refractivity contribution in [3.63, 3.8) is 0 Å². The van der Waals surface area contributed by atoms with Crippen LogP contribution in [0.4, 0.5) is 4.39 Å². The third kappa shape index (κ3) is 6.50. The second-order valence-electron chi connectivity index (χ2n) is 12.7. The number of esters is 1. The Morgan fingerprint density at radius 2 is 1.90 bits per heavy atom. The SMILES string of the molecule is CNCCn1c(C(=O)OC)c2c3ccc(Cl)c(c31)-c1c(cnn1C)CSCc1cc(n(C)n1)CCc1cc(c3ccc(F)cc3c1)OCCC2. The lowest BCUT2D eigenvalue weighted by Crippen LogP contribution is -2.20. The lowest BCUT2D eigenvalue weighted by atomic mass is 10.0. The number of hydrogen-bond acceptors (Lipinski definition) is 7. The van der Waals surface area contributed by atoms with Crippen molar-refractivity contribution in [2.75, 3.05) is 27.3 Å². The minimum Gasteiger partial charge on any atom is -0.493 e. The highest BCUT2D eigenvalue weighted by Crippen LogP contribution is 2.42. The molecule has 1 N–H and O–H groups in total. The summed E-state index contributed by atoms with van der Waals surface area (Å²) >= 11 is 8.86. The Kier molecular flexibility index (Phi) is 9.90. The highest BCUT2D eigenvalue weighted by molar-refractivity contribution is 7.97. The highest BCUT2D eigenvalue weighted by atomic mass is 35.5. The first kappa shape index (κ1) is 34.1. The van der Waals surface area contributed by atoms with E-state index in [0.29, 0.717) is 54.8 Å². The van der Waals surface area contributed by atoms with Gasteiger partial charge in [0.15, 0.2) is 0 Å². The number of carbonyl (C=O) groups is 1. The van der Waals surface area contributed by atoms with Crippen LogP contribution in [-0.4, -0.2) is 57.4 Å². The third-order valence-electron chi connectivity index (χ3n) is 9.46. The lowest BCUT2D eigenvalue weighted by molar-refractivity contribution is 0.0587. The normalized spacial score (nSPS) is 14.0. The van der Waals surface area contributed by atoms with Crippen LogP contribution in [0.2, 0.25) is 5.02 Å². The van der Waals surface area contributed by atoms with E-state index in [1.165, 1.54) is 13.2 Å². The average Bonchev–Trinajstić information content (AvgIpc) is 3.75. The van der Waals surface area contributed by atoms with Gasteiger partial charge in [-0.25, -0.2) is 9.18 Å². The van der Waals surface area contributed by atoms with Gasteiger partial charge in [-0.3, -0.25) is 9.36 Å². The van der Waals surface area contributed by atoms with Gasteiger partial charge in [0.25, 0.3) is 0 Å². The van der Waals surface area contributed by atoms with Crippen LogP contribution in [0.5, 0.6) is 5.75 Å². The number of likely N-dealkylation sites (N-methyl/N-ethyl adjacent to an activating group) is 1. The van der Waals surface area contributed by atoms with E-state index in [-0.39, 0.29) is 5.82 Å². The van der Waals surface area contributed by atoms with E-state index >= 15 is 0 Å². The molecule has 0 saturated carbocycles. The number of carbonyl (C=O) groups excluding carboxylic acids is 1. The van der Waals surface area contributed by atoms with Gasteiger partial charge in [-0.1, -0.05) is 23.7 Å². The van der Waals surface area contributed by atoms with Crippen LogP contribution >= 0.6 is 23.4 Å². The number of nitrogens with zero attached hydrogens (tertiary/aromatic N) is 5. The first-order valence-electron chi connectivity index (χ1n) is 16.8. The fourth-order valence-corrected chi connectivity index (χ4v) is 8.26. The van der Waals surface area contributed by atoms with Gasteiger partial charge >= 0.3 is 5.97 Å². The Balaban J connectivity index is 1.38. The highest BCUT2D eigenvalue weighted by Gasteiger charge is 2.28. The molecule has 7 rings (SSSR count). The molecule has 3 aromatic carbocycles. The molecule has 0 aliphatic carbocycles. The van der Waals surface area contributed by atoms with Crippen molar-refractivity contribution in [1.29, 1.82) is 0 Å². The molecule has 1 aliphatic rings. The fraction of sp³-hybridized carbons (Fsp3) is 0.342. The molecule has 9 nitrogen and oxygen atoms in total. The van der Waals surface area contributed by atoms with E-state index in [1.807, 2.05) is 59.5 Å². The van der Waals surface area contributed by atoms with E-state index in [2.05, 4.69) is 22.5 Å². The Morgan fingerprint density at radius 1 is 1.06 bits per heavy atom. The molecule has 6 aromatic rings. The summed E-state index contributed by atoms with van der Waals surface area (Å²) in [7, 11) is 7.22. The molecule has 0 unspecified atom stereocenters. The van der Waals surface area contributed by atoms with Crippen molar-refractivity contribution in [1.82, 2.24) is 29.4 Å². The zero-order valence-electron chi connectivity index (χ0n) is 28.7. The second-order valence-corrected chi connectivity index (χ2v) is 14.1. The first-order valence-corrected chi connectivity index (χ1v) is 18.3. The number of ether oxygens (including phenoxy) is 2. The molecular weight excluding hydrogens is 675 g/mol. The van der Waals surface area contributed by atoms with Crippen LogP contribution in [0.3, 0.4) is 0 Å². The fourth-order valence-electron chi connectivity index (χ4n) is 7.13. The number of nitrogens with one attached hydrogen (secondary N) is 1. The standard InChI is InChI=1S/C38H40ClFN6O3S/c1-41-13-14-46-36-31-11-12-32(39)34(36)35-25(20-42-45(35)3)21-50-22-27-19-28(44(2)43-27)9-7-23-16-24-18-26(40)8-10-29(24)33(17-23)49-15-5-6-30(31)37(46)38(47)48-4/h8,10-12,16-20,41H,5-7,9,13-15,21-22H2,1-4H3. The molecular formula is C38H40ClFN6O3S. The van der Waals surface area contributed by atoms with Crippen LogP contribution < -0.4 is 10.1 Å². The number of fused-ring (bicyclic) bond motifs is 8. The zero-order chi connectivity index (χ0) is 34.9. The van der Waals surface area contributed by atoms with Crippen molar-refractivity contribution in [3.8, 4) is 17.0 Å². The summed E-state index contributed by atoms with van der Waals surface area (Å²) in [5, 5.41) is 15.9. The molecule has 0 atom stereocenters. The summed E-state index contributed by atoms with van der Waals surface area (Å²) in [6.07, 6.45) is 4.64. The molecule has 4 heterocycles. The van der Waals surface area contributed by atoms with Crippen LogP contribution in [0.1, 0.15) is 45.0 Å². The minimum absolute atomic E-state index is 0.283. The number of rotatable bonds is 4. The predicted octanol–water partition coefficient (Wildman–Crippen LogP) is 7.27. The number of methoxy groups -OCH3 is 1. The maximum atomic E-state index is 14.4. The van der Waals surface area contributed by atoms with Gasteiger partial charge in [0.2, 0.25) is 0 Å². The summed E-state index contributed by atoms with van der Waals surface area (Å²) in [4.78, 5) is 13.6. The third-order valence-corrected chi connectivity index (χ3v) is 10.8. The summed E-state index contributed by atoms with van der Waals surface area (Å²) in [5.74, 6) is 1.45. The second kappa shape index (κ2) is 14.5. The van der Waals surface area contributed by atoms with Gasteiger partial charge in [-0.05, 0) is 85.6 Å². The lowest BCUT2D eigenvalue weighted by Gasteiger charge is -2.15. The Hall–Kier alpha value is -4.32. The van der Waals surface area contributed by atoms with E-state index in [9.17, 15) is 9.18 Å². The number of hydrogen-bond donors (Lipinski definition) is 1. The van der Waals surface area contributed by atoms with Crippen LogP contribution in [0.15, 0.2) is 54.7 Å². The first-order chi connectivity index (χ1) is 24.3. The quantitative estimate of drug-likeness (QED) is 0.192. The van der Waals surface area contributed by atoms with Gasteiger partial charge < -0.3 is 19.4 Å². The number of aromatic nitrogens is 5. The topological polar surface area (TPSA) is 88.1 Å². The molecule has 50 heavy (non-hydrogen) atoms. The summed E-state index contributed by atoms with van der Waals surface area (Å²) in [6.45, 7) is 1.56. The molecule has 0 amide bonds. The molecule has 3 aromatic heterocycles. The maximum Gasteiger partial charge on any atom is 0.354 e. The summed E-state index contributed by atoms with van der Waals surface area (Å²) < 4.78 is 32.1. The summed E-state index contributed by atoms with van der Waals surface area (Å²) in [5.41, 5.74) is 8.27. The maximum absolute atomic E-state index is 14.4. The number of thioether (sulfide) groups is 1. The molecule has 0 saturated heterocycles. The monoisotopic (exact) mass is 714 g/mol. The minimum atomic E-state index is -0.402. The Morgan fingerprint density at radius 3 is 2.72 bits per heavy atom. The van der Waals surface area contributed by atoms with Crippen LogP contribution in [0, 0.1) is 5.82 Å². The van der Waals surface area contributed by atoms with Gasteiger partial charge in [0.1, 0.15) is 17.3 Å². The number of aryl methyl sites for hydroxylation is 5. The van der Waals surface area contributed by atoms with E-state index in [4.69, 9.17) is 26.2 Å². The van der Waals surface area contributed by atoms with Gasteiger partial charge in [0, 0.05) is 66.3 Å². The van der Waals surface area contributed by atoms with Crippen molar-refractivity contribution < 1.29 is 18.7 Å². The zero-order valence-corrected chi connectivity index (χ0v) is 30.3. The Labute approximate surface area is 299 Å². The van der Waals surface area contributed by atoms with E-state index < -0.39 is 5.97 Å². The summed E-state index contributed by atoms with van der Waals surface area (Å²) in [6, 6.07) is 15.0. The molecule has 260 valence electrons. The van der Waals surface area contributed by atoms with E-state index in [1.54, 1.807) is 23.9 Å². The molecule has 8 bridgehead atoms. The average molecular weight is 715 g/mol. The smallest absolute Gasteiger partial charge is 0.354 e. The van der Waals surface area contributed by atoms with Gasteiger partial charge in [-0.2, -0.15) is 22.0 Å². The van der Waals surface area contributed by atoms with Crippen molar-refractivity contribution in [3.05, 3.63) is 99.3 Å². The molecule has 0 spiro atoms. The van der Waals surface area contributed by atoms with E-state index in [0.717, 1.165) is 79.6 Å². The number of benzene rings is 3. The Bertz CT molecular complexity index is 2220. The molecule has 0 radical (unpaired) electrons. The molecule has 1 aliphatic heterocycles. The van der Waals surface area contributed by atoms with Gasteiger partial charge in [0.05, 0.1) is 41.8 Å².